The van der Waals surface area contributed by atoms with Gasteiger partial charge in [-0.05, 0) is 46.8 Å². The lowest BCUT2D eigenvalue weighted by Gasteiger charge is -2.42. The zero-order chi connectivity index (χ0) is 22.9. The van der Waals surface area contributed by atoms with Crippen LogP contribution in [0.2, 0.25) is 16.6 Å². The van der Waals surface area contributed by atoms with Crippen LogP contribution in [0.5, 0.6) is 17.2 Å². The molecule has 0 spiro atoms. The molecule has 6 heteroatoms. The Morgan fingerprint density at radius 3 is 1.70 bits per heavy atom. The van der Waals surface area contributed by atoms with Crippen LogP contribution in [0.1, 0.15) is 54.0 Å². The molecule has 0 unspecified atom stereocenters. The lowest BCUT2D eigenvalue weighted by Crippen LogP contribution is -2.48. The fourth-order valence-corrected chi connectivity index (χ4v) is 9.88. The molecule has 5 nitrogen and oxygen atoms in total. The largest absolute Gasteiger partial charge is 0.493 e. The summed E-state index contributed by atoms with van der Waals surface area (Å²) in [7, 11) is 2.95. The summed E-state index contributed by atoms with van der Waals surface area (Å²) in [5.41, 5.74) is 3.83. The van der Waals surface area contributed by atoms with Crippen LogP contribution in [-0.4, -0.2) is 42.9 Å². The quantitative estimate of drug-likeness (QED) is 0.265. The van der Waals surface area contributed by atoms with Crippen LogP contribution in [0.3, 0.4) is 0 Å². The smallest absolute Gasteiger partial charge is 0.203 e. The maximum absolute atomic E-state index is 6.71. The Kier molecular flexibility index (Phi) is 10.9. The summed E-state index contributed by atoms with van der Waals surface area (Å²) in [5, 5.41) is 0. The van der Waals surface area contributed by atoms with Crippen molar-refractivity contribution in [2.24, 2.45) is 0 Å². The average molecular weight is 439 g/mol. The van der Waals surface area contributed by atoms with Gasteiger partial charge in [-0.1, -0.05) is 47.6 Å². The highest BCUT2D eigenvalue weighted by Gasteiger charge is 2.45. The molecule has 0 aliphatic carbocycles. The Morgan fingerprint density at radius 1 is 0.833 bits per heavy atom. The number of hydrogen-bond donors (Lipinski definition) is 0. The van der Waals surface area contributed by atoms with Crippen LogP contribution < -0.4 is 14.2 Å². The van der Waals surface area contributed by atoms with Crippen molar-refractivity contribution in [1.82, 2.24) is 0 Å². The maximum atomic E-state index is 6.71. The monoisotopic (exact) mass is 438 g/mol. The number of methoxy groups -OCH3 is 3. The summed E-state index contributed by atoms with van der Waals surface area (Å²) in [5.74, 6) is 1.85. The van der Waals surface area contributed by atoms with Crippen LogP contribution >= 0.6 is 0 Å². The third kappa shape index (κ3) is 6.25. The molecule has 0 saturated carbocycles. The third-order valence-corrected chi connectivity index (χ3v) is 12.0. The van der Waals surface area contributed by atoms with E-state index in [4.69, 9.17) is 23.4 Å². The minimum absolute atomic E-state index is 0.454. The molecule has 0 atom stereocenters. The summed E-state index contributed by atoms with van der Waals surface area (Å²) in [6.45, 7) is 17.5. The predicted octanol–water partition coefficient (Wildman–Crippen LogP) is 6.37. The molecule has 1 aromatic carbocycles. The van der Waals surface area contributed by atoms with Gasteiger partial charge in [0.05, 0.1) is 41.2 Å². The molecule has 0 aromatic heterocycles. The second kappa shape index (κ2) is 12.4. The van der Waals surface area contributed by atoms with Gasteiger partial charge >= 0.3 is 0 Å². The Labute approximate surface area is 184 Å². The molecule has 0 aliphatic rings. The second-order valence-corrected chi connectivity index (χ2v) is 14.0. The van der Waals surface area contributed by atoms with Crippen molar-refractivity contribution in [2.45, 2.75) is 71.7 Å². The SMILES string of the molecule is C/C=C(\COCc1cc(OC)c(OC)c(OC)c1)CO[Si](C(C)C)(C(C)C)C(C)C. The number of rotatable bonds is 13. The van der Waals surface area contributed by atoms with Gasteiger partial charge in [0.25, 0.3) is 0 Å². The normalized spacial score (nSPS) is 12.8. The van der Waals surface area contributed by atoms with E-state index in [1.807, 2.05) is 19.1 Å². The summed E-state index contributed by atoms with van der Waals surface area (Å²) >= 11 is 0. The van der Waals surface area contributed by atoms with Crippen molar-refractivity contribution in [3.05, 3.63) is 29.3 Å². The van der Waals surface area contributed by atoms with Crippen molar-refractivity contribution >= 4 is 8.32 Å². The van der Waals surface area contributed by atoms with Crippen LogP contribution in [0, 0.1) is 0 Å². The Bertz CT molecular complexity index is 635. The van der Waals surface area contributed by atoms with Crippen LogP contribution in [0.15, 0.2) is 23.8 Å². The zero-order valence-corrected chi connectivity index (χ0v) is 21.6. The molecule has 0 heterocycles. The number of benzene rings is 1. The summed E-state index contributed by atoms with van der Waals surface area (Å²) in [4.78, 5) is 0. The van der Waals surface area contributed by atoms with E-state index < -0.39 is 8.32 Å². The van der Waals surface area contributed by atoms with E-state index in [1.165, 1.54) is 5.57 Å². The highest BCUT2D eigenvalue weighted by atomic mass is 28.4. The molecule has 1 rings (SSSR count). The lowest BCUT2D eigenvalue weighted by atomic mass is 10.2. The first-order valence-corrected chi connectivity index (χ1v) is 13.0. The van der Waals surface area contributed by atoms with Gasteiger partial charge in [0.15, 0.2) is 11.5 Å². The summed E-state index contributed by atoms with van der Waals surface area (Å²) < 4.78 is 28.9. The topological polar surface area (TPSA) is 46.2 Å². The van der Waals surface area contributed by atoms with Crippen molar-refractivity contribution in [2.75, 3.05) is 34.5 Å². The van der Waals surface area contributed by atoms with E-state index in [0.29, 0.717) is 53.7 Å². The fraction of sp³-hybridized carbons (Fsp3) is 0.667. The second-order valence-electron chi connectivity index (χ2n) is 8.58. The molecule has 0 saturated heterocycles. The van der Waals surface area contributed by atoms with E-state index in [1.54, 1.807) is 21.3 Å². The average Bonchev–Trinajstić information content (AvgIpc) is 2.70. The lowest BCUT2D eigenvalue weighted by molar-refractivity contribution is 0.133. The van der Waals surface area contributed by atoms with E-state index >= 15 is 0 Å². The van der Waals surface area contributed by atoms with Crippen molar-refractivity contribution in [3.8, 4) is 17.2 Å². The molecule has 0 fully saturated rings. The molecule has 30 heavy (non-hydrogen) atoms. The first kappa shape index (κ1) is 26.5. The molecule has 0 amide bonds. The van der Waals surface area contributed by atoms with Gasteiger partial charge in [0.1, 0.15) is 0 Å². The minimum Gasteiger partial charge on any atom is -0.493 e. The van der Waals surface area contributed by atoms with Gasteiger partial charge < -0.3 is 23.4 Å². The molecule has 172 valence electrons. The van der Waals surface area contributed by atoms with Gasteiger partial charge in [-0.2, -0.15) is 0 Å². The Hall–Kier alpha value is -1.50. The number of allylic oxidation sites excluding steroid dienone is 1. The number of hydrogen-bond acceptors (Lipinski definition) is 5. The molecule has 0 N–H and O–H groups in total. The van der Waals surface area contributed by atoms with E-state index in [0.717, 1.165) is 5.56 Å². The van der Waals surface area contributed by atoms with Crippen molar-refractivity contribution < 1.29 is 23.4 Å². The Balaban J connectivity index is 2.80. The van der Waals surface area contributed by atoms with Crippen LogP contribution in [0.25, 0.3) is 0 Å². The molecule has 1 aromatic rings. The summed E-state index contributed by atoms with van der Waals surface area (Å²) in [6, 6.07) is 3.84. The Morgan fingerprint density at radius 2 is 1.33 bits per heavy atom. The van der Waals surface area contributed by atoms with Gasteiger partial charge in [0.2, 0.25) is 14.1 Å². The molecular weight excluding hydrogens is 396 g/mol. The van der Waals surface area contributed by atoms with E-state index in [9.17, 15) is 0 Å². The van der Waals surface area contributed by atoms with Crippen LogP contribution in [-0.2, 0) is 15.8 Å². The number of ether oxygens (including phenoxy) is 4. The van der Waals surface area contributed by atoms with Gasteiger partial charge in [-0.3, -0.25) is 0 Å². The molecular formula is C24H42O5Si. The third-order valence-electron chi connectivity index (χ3n) is 5.90. The molecule has 0 bridgehead atoms. The minimum atomic E-state index is -1.89. The first-order valence-electron chi connectivity index (χ1n) is 10.8. The fourth-order valence-electron chi connectivity index (χ4n) is 4.44. The van der Waals surface area contributed by atoms with E-state index in [-0.39, 0.29) is 0 Å². The van der Waals surface area contributed by atoms with Crippen molar-refractivity contribution in [1.29, 1.82) is 0 Å². The van der Waals surface area contributed by atoms with Crippen molar-refractivity contribution in [3.63, 3.8) is 0 Å². The zero-order valence-electron chi connectivity index (χ0n) is 20.6. The maximum Gasteiger partial charge on any atom is 0.203 e. The van der Waals surface area contributed by atoms with Gasteiger partial charge in [0, 0.05) is 0 Å². The molecule has 0 radical (unpaired) electrons. The predicted molar refractivity (Wildman–Crippen MR) is 127 cm³/mol. The first-order chi connectivity index (χ1) is 14.2. The van der Waals surface area contributed by atoms with Gasteiger partial charge in [-0.15, -0.1) is 0 Å². The molecule has 0 aliphatic heterocycles. The standard InChI is InChI=1S/C24H42O5Si/c1-11-20(16-29-30(17(2)3,18(4)5)19(6)7)14-28-15-21-12-22(25-8)24(27-10)23(13-21)26-9/h11-13,17-19H,14-16H2,1-10H3/b20-11+. The summed E-state index contributed by atoms with van der Waals surface area (Å²) in [6.07, 6.45) is 2.11. The van der Waals surface area contributed by atoms with E-state index in [2.05, 4.69) is 47.6 Å². The van der Waals surface area contributed by atoms with Crippen LogP contribution in [0.4, 0.5) is 0 Å². The highest BCUT2D eigenvalue weighted by Crippen LogP contribution is 2.42. The van der Waals surface area contributed by atoms with Gasteiger partial charge in [-0.25, -0.2) is 0 Å². The highest BCUT2D eigenvalue weighted by molar-refractivity contribution is 6.77.